The zero-order valence-electron chi connectivity index (χ0n) is 5.77. The summed E-state index contributed by atoms with van der Waals surface area (Å²) in [5, 5.41) is -0.909. The van der Waals surface area contributed by atoms with Gasteiger partial charge in [0.05, 0.1) is 0 Å². The lowest BCUT2D eigenvalue weighted by atomic mass is 10.1. The number of allylic oxidation sites excluding steroid dienone is 3. The first-order valence-electron chi connectivity index (χ1n) is 3.02. The predicted molar refractivity (Wildman–Crippen MR) is 42.8 cm³/mol. The monoisotopic (exact) mass is 172 g/mol. The standard InChI is InChI=1S/C7H8O3S/c1-6-2-4-7(5-3-6)11(8,9)10/h2-5,7H,1H2,(H,8,9,10). The van der Waals surface area contributed by atoms with E-state index in [0.717, 1.165) is 5.57 Å². The first kappa shape index (κ1) is 8.23. The molecule has 3 nitrogen and oxygen atoms in total. The number of hydrogen-bond acceptors (Lipinski definition) is 2. The van der Waals surface area contributed by atoms with Crippen LogP contribution in [-0.2, 0) is 10.1 Å². The van der Waals surface area contributed by atoms with Crippen LogP contribution in [-0.4, -0.2) is 18.2 Å². The first-order chi connectivity index (χ1) is 5.00. The maximum absolute atomic E-state index is 10.5. The maximum atomic E-state index is 10.5. The number of rotatable bonds is 1. The van der Waals surface area contributed by atoms with Gasteiger partial charge in [0.1, 0.15) is 5.25 Å². The van der Waals surface area contributed by atoms with Crippen molar-refractivity contribution in [3.8, 4) is 0 Å². The molecule has 0 aromatic rings. The molecule has 0 spiro atoms. The van der Waals surface area contributed by atoms with E-state index < -0.39 is 15.4 Å². The van der Waals surface area contributed by atoms with Crippen molar-refractivity contribution in [2.45, 2.75) is 5.25 Å². The summed E-state index contributed by atoms with van der Waals surface area (Å²) >= 11 is 0. The molecule has 0 saturated carbocycles. The largest absolute Gasteiger partial charge is 0.285 e. The minimum Gasteiger partial charge on any atom is -0.285 e. The third-order valence-corrected chi connectivity index (χ3v) is 2.35. The minimum atomic E-state index is -3.96. The Balaban J connectivity index is 2.91. The molecular weight excluding hydrogens is 164 g/mol. The van der Waals surface area contributed by atoms with Crippen LogP contribution in [0.1, 0.15) is 0 Å². The second kappa shape index (κ2) is 2.64. The van der Waals surface area contributed by atoms with Crippen LogP contribution in [0.15, 0.2) is 36.5 Å². The van der Waals surface area contributed by atoms with Crippen LogP contribution in [0, 0.1) is 0 Å². The molecule has 1 aliphatic carbocycles. The lowest BCUT2D eigenvalue weighted by Gasteiger charge is -2.07. The van der Waals surface area contributed by atoms with Crippen molar-refractivity contribution in [1.82, 2.24) is 0 Å². The molecule has 0 saturated heterocycles. The second-order valence-electron chi connectivity index (χ2n) is 2.27. The first-order valence-corrected chi connectivity index (χ1v) is 4.52. The molecule has 11 heavy (non-hydrogen) atoms. The Morgan fingerprint density at radius 2 is 1.82 bits per heavy atom. The summed E-state index contributed by atoms with van der Waals surface area (Å²) in [5.41, 5.74) is 0.727. The van der Waals surface area contributed by atoms with Gasteiger partial charge in [-0.25, -0.2) is 0 Å². The Kier molecular flexibility index (Phi) is 1.97. The molecule has 4 heteroatoms. The topological polar surface area (TPSA) is 54.4 Å². The summed E-state index contributed by atoms with van der Waals surface area (Å²) in [5.74, 6) is 0. The normalized spacial score (nSPS) is 19.2. The van der Waals surface area contributed by atoms with E-state index in [-0.39, 0.29) is 0 Å². The molecule has 0 fully saturated rings. The van der Waals surface area contributed by atoms with Gasteiger partial charge in [-0.05, 0) is 5.57 Å². The lowest BCUT2D eigenvalue weighted by molar-refractivity contribution is 0.480. The Hall–Kier alpha value is -0.870. The second-order valence-corrected chi connectivity index (χ2v) is 3.85. The Morgan fingerprint density at radius 1 is 1.36 bits per heavy atom. The van der Waals surface area contributed by atoms with Crippen molar-refractivity contribution >= 4 is 10.1 Å². The van der Waals surface area contributed by atoms with Crippen LogP contribution < -0.4 is 0 Å². The van der Waals surface area contributed by atoms with Gasteiger partial charge in [0.15, 0.2) is 0 Å². The molecule has 0 bridgehead atoms. The average Bonchev–Trinajstić information content (AvgIpc) is 1.86. The molecule has 0 unspecified atom stereocenters. The molecule has 0 aromatic carbocycles. The Labute approximate surface area is 65.5 Å². The van der Waals surface area contributed by atoms with E-state index in [1.807, 2.05) is 0 Å². The van der Waals surface area contributed by atoms with Crippen molar-refractivity contribution < 1.29 is 13.0 Å². The van der Waals surface area contributed by atoms with E-state index in [9.17, 15) is 8.42 Å². The molecule has 0 aromatic heterocycles. The highest BCUT2D eigenvalue weighted by atomic mass is 32.2. The average molecular weight is 172 g/mol. The summed E-state index contributed by atoms with van der Waals surface area (Å²) in [6.45, 7) is 3.58. The van der Waals surface area contributed by atoms with Crippen LogP contribution in [0.2, 0.25) is 0 Å². The summed E-state index contributed by atoms with van der Waals surface area (Å²) in [4.78, 5) is 0. The van der Waals surface area contributed by atoms with Crippen molar-refractivity contribution in [3.63, 3.8) is 0 Å². The van der Waals surface area contributed by atoms with Gasteiger partial charge in [-0.2, -0.15) is 8.42 Å². The fourth-order valence-electron chi connectivity index (χ4n) is 0.755. The minimum absolute atomic E-state index is 0.727. The van der Waals surface area contributed by atoms with Crippen LogP contribution in [0.25, 0.3) is 0 Å². The smallest absolute Gasteiger partial charge is 0.275 e. The van der Waals surface area contributed by atoms with Crippen molar-refractivity contribution in [3.05, 3.63) is 36.5 Å². The summed E-state index contributed by atoms with van der Waals surface area (Å²) < 4.78 is 29.6. The van der Waals surface area contributed by atoms with E-state index in [4.69, 9.17) is 4.55 Å². The van der Waals surface area contributed by atoms with Crippen LogP contribution in [0.4, 0.5) is 0 Å². The SMILES string of the molecule is C=C1C=CC(S(=O)(=O)O)C=C1. The molecule has 1 rings (SSSR count). The molecule has 0 radical (unpaired) electrons. The van der Waals surface area contributed by atoms with Gasteiger partial charge in [0.2, 0.25) is 0 Å². The van der Waals surface area contributed by atoms with Crippen LogP contribution >= 0.6 is 0 Å². The maximum Gasteiger partial charge on any atom is 0.275 e. The van der Waals surface area contributed by atoms with Crippen LogP contribution in [0.5, 0.6) is 0 Å². The van der Waals surface area contributed by atoms with E-state index in [1.54, 1.807) is 12.2 Å². The Morgan fingerprint density at radius 3 is 2.18 bits per heavy atom. The molecule has 60 valence electrons. The summed E-state index contributed by atoms with van der Waals surface area (Å²) in [6.07, 6.45) is 5.88. The summed E-state index contributed by atoms with van der Waals surface area (Å²) in [7, 11) is -3.96. The molecule has 1 N–H and O–H groups in total. The van der Waals surface area contributed by atoms with Crippen molar-refractivity contribution in [2.24, 2.45) is 0 Å². The number of hydrogen-bond donors (Lipinski definition) is 1. The fourth-order valence-corrected chi connectivity index (χ4v) is 1.31. The quantitative estimate of drug-likeness (QED) is 0.598. The predicted octanol–water partition coefficient (Wildman–Crippen LogP) is 0.925. The molecular formula is C7H8O3S. The molecule has 0 atom stereocenters. The zero-order chi connectivity index (χ0) is 8.48. The van der Waals surface area contributed by atoms with Gasteiger partial charge in [0.25, 0.3) is 10.1 Å². The third kappa shape index (κ3) is 2.03. The van der Waals surface area contributed by atoms with Gasteiger partial charge in [0, 0.05) is 0 Å². The van der Waals surface area contributed by atoms with Gasteiger partial charge < -0.3 is 0 Å². The molecule has 0 amide bonds. The lowest BCUT2D eigenvalue weighted by Crippen LogP contribution is -2.16. The van der Waals surface area contributed by atoms with E-state index >= 15 is 0 Å². The molecule has 1 aliphatic rings. The highest BCUT2D eigenvalue weighted by molar-refractivity contribution is 7.86. The van der Waals surface area contributed by atoms with Gasteiger partial charge >= 0.3 is 0 Å². The fraction of sp³-hybridized carbons (Fsp3) is 0.143. The van der Waals surface area contributed by atoms with Crippen LogP contribution in [0.3, 0.4) is 0 Å². The third-order valence-electron chi connectivity index (χ3n) is 1.34. The zero-order valence-corrected chi connectivity index (χ0v) is 6.58. The van der Waals surface area contributed by atoms with Crippen molar-refractivity contribution in [1.29, 1.82) is 0 Å². The highest BCUT2D eigenvalue weighted by Crippen LogP contribution is 2.11. The van der Waals surface area contributed by atoms with Gasteiger partial charge in [-0.15, -0.1) is 0 Å². The molecule has 0 heterocycles. The van der Waals surface area contributed by atoms with Gasteiger partial charge in [-0.3, -0.25) is 4.55 Å². The summed E-state index contributed by atoms with van der Waals surface area (Å²) in [6, 6.07) is 0. The highest BCUT2D eigenvalue weighted by Gasteiger charge is 2.17. The van der Waals surface area contributed by atoms with E-state index in [2.05, 4.69) is 6.58 Å². The molecule has 0 aliphatic heterocycles. The van der Waals surface area contributed by atoms with Gasteiger partial charge in [-0.1, -0.05) is 30.9 Å². The van der Waals surface area contributed by atoms with E-state index in [1.165, 1.54) is 12.2 Å². The van der Waals surface area contributed by atoms with E-state index in [0.29, 0.717) is 0 Å². The Bertz CT molecular complexity index is 306. The van der Waals surface area contributed by atoms with Crippen molar-refractivity contribution in [2.75, 3.05) is 0 Å².